The number of hydrogen-bond donors (Lipinski definition) is 1. The van der Waals surface area contributed by atoms with Gasteiger partial charge in [-0.2, -0.15) is 0 Å². The number of likely N-dealkylation sites (N-methyl/N-ethyl adjacent to an activating group) is 1. The molecular formula is C12H25ClN2O2. The van der Waals surface area contributed by atoms with Crippen LogP contribution in [-0.4, -0.2) is 44.2 Å². The van der Waals surface area contributed by atoms with Crippen molar-refractivity contribution in [3.05, 3.63) is 12.2 Å². The molecule has 1 N–H and O–H groups in total. The molecule has 5 heteroatoms. The summed E-state index contributed by atoms with van der Waals surface area (Å²) in [4.78, 5) is 15.9. The smallest absolute Gasteiger partial charge is 0.351 e. The van der Waals surface area contributed by atoms with Crippen LogP contribution in [0.5, 0.6) is 0 Å². The van der Waals surface area contributed by atoms with E-state index in [0.29, 0.717) is 12.1 Å². The summed E-state index contributed by atoms with van der Waals surface area (Å²) in [7, 11) is 4.36. The summed E-state index contributed by atoms with van der Waals surface area (Å²) in [6, 6.07) is 0. The van der Waals surface area contributed by atoms with Crippen LogP contribution in [0.1, 0.15) is 26.7 Å². The van der Waals surface area contributed by atoms with Gasteiger partial charge in [0.1, 0.15) is 0 Å². The molecule has 102 valence electrons. The zero-order chi connectivity index (χ0) is 12.6. The molecule has 0 unspecified atom stereocenters. The highest BCUT2D eigenvalue weighted by atomic mass is 35.5. The standard InChI is InChI=1S/C12H25N2O2.ClH/c1-6-7-9-14(4,5)10-8-13-16-12(15)11(2)3;/h13H,2,6-10H2,1,3-5H3;1H/q+1;/p-1. The van der Waals surface area contributed by atoms with E-state index in [2.05, 4.69) is 33.1 Å². The molecule has 0 aliphatic heterocycles. The molecule has 0 atom stereocenters. The van der Waals surface area contributed by atoms with Crippen LogP contribution in [0.25, 0.3) is 0 Å². The first-order valence-corrected chi connectivity index (χ1v) is 5.80. The fourth-order valence-electron chi connectivity index (χ4n) is 1.25. The van der Waals surface area contributed by atoms with Crippen molar-refractivity contribution in [1.82, 2.24) is 5.48 Å². The average molecular weight is 265 g/mol. The number of nitrogens with zero attached hydrogens (tertiary/aromatic N) is 1. The van der Waals surface area contributed by atoms with Crippen LogP contribution < -0.4 is 17.9 Å². The summed E-state index contributed by atoms with van der Waals surface area (Å²) < 4.78 is 0.936. The molecule has 0 bridgehead atoms. The van der Waals surface area contributed by atoms with Crippen molar-refractivity contribution in [2.24, 2.45) is 0 Å². The van der Waals surface area contributed by atoms with Gasteiger partial charge in [-0.1, -0.05) is 19.9 Å². The second-order valence-corrected chi connectivity index (χ2v) is 4.80. The lowest BCUT2D eigenvalue weighted by atomic mass is 10.3. The number of carbonyl (C=O) groups excluding carboxylic acids is 1. The molecule has 0 amide bonds. The largest absolute Gasteiger partial charge is 1.00 e. The van der Waals surface area contributed by atoms with Crippen LogP contribution >= 0.6 is 0 Å². The molecular weight excluding hydrogens is 240 g/mol. The lowest BCUT2D eigenvalue weighted by molar-refractivity contribution is -0.889. The summed E-state index contributed by atoms with van der Waals surface area (Å²) >= 11 is 0. The Morgan fingerprint density at radius 1 is 1.35 bits per heavy atom. The van der Waals surface area contributed by atoms with E-state index in [1.807, 2.05) is 0 Å². The Bertz CT molecular complexity index is 243. The van der Waals surface area contributed by atoms with Crippen molar-refractivity contribution in [3.8, 4) is 0 Å². The number of rotatable bonds is 8. The van der Waals surface area contributed by atoms with Crippen molar-refractivity contribution in [2.45, 2.75) is 26.7 Å². The molecule has 0 aliphatic rings. The van der Waals surface area contributed by atoms with Gasteiger partial charge in [-0.05, 0) is 13.3 Å². The summed E-state index contributed by atoms with van der Waals surface area (Å²) in [5.74, 6) is -0.390. The van der Waals surface area contributed by atoms with Crippen LogP contribution in [0.3, 0.4) is 0 Å². The van der Waals surface area contributed by atoms with Gasteiger partial charge in [0.25, 0.3) is 0 Å². The molecule has 0 saturated heterocycles. The Labute approximate surface area is 111 Å². The van der Waals surface area contributed by atoms with Gasteiger partial charge in [0.15, 0.2) is 0 Å². The van der Waals surface area contributed by atoms with Gasteiger partial charge in [-0.3, -0.25) is 0 Å². The van der Waals surface area contributed by atoms with Crippen LogP contribution in [0.2, 0.25) is 0 Å². The van der Waals surface area contributed by atoms with Gasteiger partial charge in [0, 0.05) is 5.57 Å². The molecule has 0 radical (unpaired) electrons. The number of quaternary nitrogens is 1. The summed E-state index contributed by atoms with van der Waals surface area (Å²) in [5.41, 5.74) is 3.08. The lowest BCUT2D eigenvalue weighted by Gasteiger charge is -2.29. The van der Waals surface area contributed by atoms with Crippen LogP contribution in [0.15, 0.2) is 12.2 Å². The first-order valence-electron chi connectivity index (χ1n) is 5.80. The first kappa shape index (κ1) is 18.8. The minimum Gasteiger partial charge on any atom is -1.00 e. The van der Waals surface area contributed by atoms with Crippen molar-refractivity contribution < 1.29 is 26.5 Å². The van der Waals surface area contributed by atoms with Crippen molar-refractivity contribution >= 4 is 5.97 Å². The van der Waals surface area contributed by atoms with Crippen molar-refractivity contribution in [2.75, 3.05) is 33.7 Å². The fourth-order valence-corrected chi connectivity index (χ4v) is 1.25. The van der Waals surface area contributed by atoms with Gasteiger partial charge in [0.05, 0.1) is 33.7 Å². The maximum atomic E-state index is 11.0. The number of hydroxylamine groups is 1. The van der Waals surface area contributed by atoms with E-state index < -0.39 is 0 Å². The molecule has 0 saturated carbocycles. The van der Waals surface area contributed by atoms with Gasteiger partial charge in [-0.15, -0.1) is 5.48 Å². The van der Waals surface area contributed by atoms with E-state index in [0.717, 1.165) is 17.6 Å². The number of unbranched alkanes of at least 4 members (excludes halogenated alkanes) is 1. The number of halogens is 1. The second kappa shape index (κ2) is 9.45. The molecule has 0 heterocycles. The van der Waals surface area contributed by atoms with Crippen molar-refractivity contribution in [1.29, 1.82) is 0 Å². The van der Waals surface area contributed by atoms with E-state index in [9.17, 15) is 4.79 Å². The SMILES string of the molecule is C=C(C)C(=O)ONCC[N+](C)(C)CCCC.[Cl-]. The molecule has 0 spiro atoms. The summed E-state index contributed by atoms with van der Waals surface area (Å²) in [6.07, 6.45) is 2.43. The number of hydrogen-bond acceptors (Lipinski definition) is 3. The molecule has 0 aromatic carbocycles. The monoisotopic (exact) mass is 264 g/mol. The highest BCUT2D eigenvalue weighted by molar-refractivity contribution is 5.86. The van der Waals surface area contributed by atoms with Gasteiger partial charge in [-0.25, -0.2) is 4.79 Å². The third-order valence-corrected chi connectivity index (χ3v) is 2.45. The zero-order valence-electron chi connectivity index (χ0n) is 11.4. The summed E-state index contributed by atoms with van der Waals surface area (Å²) in [6.45, 7) is 10.1. The Balaban J connectivity index is 0. The van der Waals surface area contributed by atoms with Gasteiger partial charge < -0.3 is 21.7 Å². The second-order valence-electron chi connectivity index (χ2n) is 4.80. The third kappa shape index (κ3) is 10.3. The maximum Gasteiger partial charge on any atom is 0.351 e. The molecule has 17 heavy (non-hydrogen) atoms. The molecule has 4 nitrogen and oxygen atoms in total. The first-order chi connectivity index (χ1) is 7.39. The Hall–Kier alpha value is -0.580. The number of nitrogens with one attached hydrogen (secondary N) is 1. The predicted octanol–water partition coefficient (Wildman–Crippen LogP) is -1.51. The minimum atomic E-state index is -0.390. The minimum absolute atomic E-state index is 0. The average Bonchev–Trinajstić information content (AvgIpc) is 2.21. The highest BCUT2D eigenvalue weighted by Crippen LogP contribution is 2.00. The van der Waals surface area contributed by atoms with E-state index in [1.54, 1.807) is 6.92 Å². The molecule has 0 fully saturated rings. The van der Waals surface area contributed by atoms with E-state index in [-0.39, 0.29) is 18.4 Å². The topological polar surface area (TPSA) is 38.3 Å². The van der Waals surface area contributed by atoms with Crippen LogP contribution in [0.4, 0.5) is 0 Å². The quantitative estimate of drug-likeness (QED) is 0.251. The Kier molecular flexibility index (Phi) is 10.4. The van der Waals surface area contributed by atoms with Gasteiger partial charge >= 0.3 is 5.97 Å². The zero-order valence-corrected chi connectivity index (χ0v) is 12.1. The van der Waals surface area contributed by atoms with Crippen molar-refractivity contribution in [3.63, 3.8) is 0 Å². The molecule has 0 aromatic heterocycles. The Morgan fingerprint density at radius 3 is 2.41 bits per heavy atom. The van der Waals surface area contributed by atoms with Gasteiger partial charge in [0.2, 0.25) is 0 Å². The molecule has 0 aliphatic carbocycles. The normalized spacial score (nSPS) is 10.6. The molecule has 0 aromatic rings. The lowest BCUT2D eigenvalue weighted by Crippen LogP contribution is -3.00. The number of carbonyl (C=O) groups is 1. The maximum absolute atomic E-state index is 11.0. The van der Waals surface area contributed by atoms with Crippen LogP contribution in [0, 0.1) is 0 Å². The third-order valence-electron chi connectivity index (χ3n) is 2.45. The fraction of sp³-hybridized carbons (Fsp3) is 0.750. The van der Waals surface area contributed by atoms with Crippen LogP contribution in [-0.2, 0) is 9.63 Å². The molecule has 0 rings (SSSR count). The predicted molar refractivity (Wildman–Crippen MR) is 65.7 cm³/mol. The summed E-state index contributed by atoms with van der Waals surface area (Å²) in [5, 5.41) is 0. The Morgan fingerprint density at radius 2 is 1.94 bits per heavy atom. The van der Waals surface area contributed by atoms with E-state index >= 15 is 0 Å². The van der Waals surface area contributed by atoms with E-state index in [4.69, 9.17) is 4.84 Å². The highest BCUT2D eigenvalue weighted by Gasteiger charge is 2.13. The van der Waals surface area contributed by atoms with E-state index in [1.165, 1.54) is 12.8 Å².